The van der Waals surface area contributed by atoms with Crippen molar-refractivity contribution in [2.75, 3.05) is 5.32 Å². The Kier molecular flexibility index (Phi) is 6.52. The fourth-order valence-electron chi connectivity index (χ4n) is 3.82. The summed E-state index contributed by atoms with van der Waals surface area (Å²) in [7, 11) is 0. The number of hydrogen-bond donors (Lipinski definition) is 2. The van der Waals surface area contributed by atoms with Crippen molar-refractivity contribution >= 4 is 51.6 Å². The average Bonchev–Trinajstić information content (AvgIpc) is 3.54. The Hall–Kier alpha value is -3.70. The standard InChI is InChI=1S/C25H19Cl2F3N6O2/c1-11-8-13-9-15(23(37)33-14-5-6-14)21(19(27)20(13)32-12(11)2)34-24(38)17-10-18(25(28,29)30)35-36(17)22-16(26)4-3-7-31-22/h3-4,7-10,14H,5-6H2,1-2H3,(H,33,37)(H,34,38). The van der Waals surface area contributed by atoms with Crippen LogP contribution in [-0.2, 0) is 6.18 Å². The summed E-state index contributed by atoms with van der Waals surface area (Å²) in [6.45, 7) is 3.64. The van der Waals surface area contributed by atoms with Crippen LogP contribution in [-0.4, -0.2) is 37.6 Å². The van der Waals surface area contributed by atoms with Gasteiger partial charge in [-0.1, -0.05) is 23.2 Å². The maximum absolute atomic E-state index is 13.6. The third-order valence-corrected chi connectivity index (χ3v) is 6.72. The molecule has 3 aromatic heterocycles. The van der Waals surface area contributed by atoms with Gasteiger partial charge in [-0.3, -0.25) is 14.6 Å². The molecule has 0 unspecified atom stereocenters. The quantitative estimate of drug-likeness (QED) is 0.315. The first-order chi connectivity index (χ1) is 17.9. The lowest BCUT2D eigenvalue weighted by Crippen LogP contribution is -2.27. The van der Waals surface area contributed by atoms with Crippen LogP contribution in [0.5, 0.6) is 0 Å². The van der Waals surface area contributed by atoms with Crippen molar-refractivity contribution < 1.29 is 22.8 Å². The van der Waals surface area contributed by atoms with Gasteiger partial charge in [0.2, 0.25) is 0 Å². The zero-order valence-electron chi connectivity index (χ0n) is 20.0. The maximum Gasteiger partial charge on any atom is 0.435 e. The number of carbonyl (C=O) groups excluding carboxylic acids is 2. The van der Waals surface area contributed by atoms with E-state index in [2.05, 4.69) is 25.7 Å². The lowest BCUT2D eigenvalue weighted by Gasteiger charge is -2.16. The molecule has 1 fully saturated rings. The molecule has 3 heterocycles. The van der Waals surface area contributed by atoms with Crippen molar-refractivity contribution in [1.82, 2.24) is 25.1 Å². The number of rotatable bonds is 5. The molecule has 0 aliphatic heterocycles. The van der Waals surface area contributed by atoms with Crippen LogP contribution in [0.1, 0.15) is 50.6 Å². The molecule has 2 amide bonds. The zero-order valence-corrected chi connectivity index (χ0v) is 21.5. The molecule has 196 valence electrons. The van der Waals surface area contributed by atoms with Gasteiger partial charge in [0.25, 0.3) is 11.8 Å². The summed E-state index contributed by atoms with van der Waals surface area (Å²) in [5, 5.41) is 9.42. The largest absolute Gasteiger partial charge is 0.435 e. The zero-order chi connectivity index (χ0) is 27.4. The molecule has 0 spiro atoms. The second-order valence-electron chi connectivity index (χ2n) is 8.91. The van der Waals surface area contributed by atoms with E-state index in [9.17, 15) is 22.8 Å². The summed E-state index contributed by atoms with van der Waals surface area (Å²) in [5.41, 5.74) is -0.00835. The Bertz CT molecular complexity index is 1620. The predicted molar refractivity (Wildman–Crippen MR) is 136 cm³/mol. The van der Waals surface area contributed by atoms with Crippen molar-refractivity contribution in [3.05, 3.63) is 74.8 Å². The van der Waals surface area contributed by atoms with Crippen LogP contribution in [0.15, 0.2) is 36.5 Å². The van der Waals surface area contributed by atoms with Crippen LogP contribution >= 0.6 is 23.2 Å². The van der Waals surface area contributed by atoms with Gasteiger partial charge >= 0.3 is 6.18 Å². The molecule has 1 aromatic carbocycles. The van der Waals surface area contributed by atoms with Gasteiger partial charge in [-0.25, -0.2) is 9.67 Å². The Morgan fingerprint density at radius 2 is 1.84 bits per heavy atom. The van der Waals surface area contributed by atoms with Crippen molar-refractivity contribution in [1.29, 1.82) is 0 Å². The number of aryl methyl sites for hydroxylation is 2. The summed E-state index contributed by atoms with van der Waals surface area (Å²) >= 11 is 12.8. The fourth-order valence-corrected chi connectivity index (χ4v) is 4.32. The monoisotopic (exact) mass is 562 g/mol. The number of benzene rings is 1. The van der Waals surface area contributed by atoms with Gasteiger partial charge in [-0.2, -0.15) is 18.3 Å². The molecule has 1 aliphatic rings. The third kappa shape index (κ3) is 4.91. The van der Waals surface area contributed by atoms with Gasteiger partial charge in [0.1, 0.15) is 5.69 Å². The minimum Gasteiger partial charge on any atom is -0.349 e. The molecule has 4 aromatic rings. The number of nitrogens with one attached hydrogen (secondary N) is 2. The number of aromatic nitrogens is 4. The van der Waals surface area contributed by atoms with E-state index >= 15 is 0 Å². The van der Waals surface area contributed by atoms with Crippen molar-refractivity contribution in [2.24, 2.45) is 0 Å². The Morgan fingerprint density at radius 1 is 1.11 bits per heavy atom. The molecular weight excluding hydrogens is 544 g/mol. The number of pyridine rings is 2. The first-order valence-electron chi connectivity index (χ1n) is 11.4. The Labute approximate surface area is 224 Å². The van der Waals surface area contributed by atoms with Crippen LogP contribution in [0.4, 0.5) is 18.9 Å². The Morgan fingerprint density at radius 3 is 2.50 bits per heavy atom. The second kappa shape index (κ2) is 9.55. The molecule has 8 nitrogen and oxygen atoms in total. The number of amides is 2. The van der Waals surface area contributed by atoms with E-state index in [4.69, 9.17) is 23.2 Å². The highest BCUT2D eigenvalue weighted by atomic mass is 35.5. The summed E-state index contributed by atoms with van der Waals surface area (Å²) in [6, 6.07) is 6.82. The molecule has 38 heavy (non-hydrogen) atoms. The van der Waals surface area contributed by atoms with E-state index in [1.54, 1.807) is 13.0 Å². The molecule has 0 bridgehead atoms. The van der Waals surface area contributed by atoms with E-state index in [0.717, 1.165) is 18.4 Å². The molecule has 1 saturated carbocycles. The van der Waals surface area contributed by atoms with Crippen molar-refractivity contribution in [2.45, 2.75) is 38.9 Å². The van der Waals surface area contributed by atoms with Crippen LogP contribution in [0.2, 0.25) is 10.0 Å². The number of hydrogen-bond acceptors (Lipinski definition) is 5. The van der Waals surface area contributed by atoms with E-state index < -0.39 is 29.4 Å². The van der Waals surface area contributed by atoms with Gasteiger partial charge in [0, 0.05) is 29.4 Å². The second-order valence-corrected chi connectivity index (χ2v) is 9.70. The van der Waals surface area contributed by atoms with Gasteiger partial charge in [0.05, 0.1) is 26.8 Å². The highest BCUT2D eigenvalue weighted by Gasteiger charge is 2.37. The summed E-state index contributed by atoms with van der Waals surface area (Å²) < 4.78 is 41.4. The fraction of sp³-hybridized carbons (Fsp3) is 0.240. The third-order valence-electron chi connectivity index (χ3n) is 6.06. The number of alkyl halides is 3. The van der Waals surface area contributed by atoms with Gasteiger partial charge in [-0.15, -0.1) is 0 Å². The maximum atomic E-state index is 13.6. The molecule has 2 N–H and O–H groups in total. The minimum absolute atomic E-state index is 0.000440. The van der Waals surface area contributed by atoms with Gasteiger partial charge in [0.15, 0.2) is 11.5 Å². The predicted octanol–water partition coefficient (Wildman–Crippen LogP) is 5.90. The molecule has 0 radical (unpaired) electrons. The van der Waals surface area contributed by atoms with Gasteiger partial charge < -0.3 is 10.6 Å². The average molecular weight is 563 g/mol. The molecule has 0 atom stereocenters. The number of halogens is 5. The van der Waals surface area contributed by atoms with E-state index in [1.807, 2.05) is 13.0 Å². The number of fused-ring (bicyclic) bond motifs is 1. The lowest BCUT2D eigenvalue weighted by atomic mass is 10.0. The van der Waals surface area contributed by atoms with Crippen LogP contribution in [0.3, 0.4) is 0 Å². The highest BCUT2D eigenvalue weighted by molar-refractivity contribution is 6.39. The van der Waals surface area contributed by atoms with E-state index in [1.165, 1.54) is 18.3 Å². The molecule has 1 aliphatic carbocycles. The number of carbonyl (C=O) groups is 2. The summed E-state index contributed by atoms with van der Waals surface area (Å²) in [6.07, 6.45) is -1.91. The Balaban J connectivity index is 1.64. The first kappa shape index (κ1) is 25.9. The van der Waals surface area contributed by atoms with E-state index in [-0.39, 0.29) is 33.2 Å². The lowest BCUT2D eigenvalue weighted by molar-refractivity contribution is -0.141. The minimum atomic E-state index is -4.85. The van der Waals surface area contributed by atoms with Crippen LogP contribution in [0, 0.1) is 13.8 Å². The van der Waals surface area contributed by atoms with Crippen LogP contribution < -0.4 is 10.6 Å². The summed E-state index contributed by atoms with van der Waals surface area (Å²) in [5.74, 6) is -1.68. The SMILES string of the molecule is Cc1cc2cc(C(=O)NC3CC3)c(NC(=O)c3cc(C(F)(F)F)nn3-c3ncccc3Cl)c(Cl)c2nc1C. The molecule has 0 saturated heterocycles. The van der Waals surface area contributed by atoms with Crippen molar-refractivity contribution in [3.63, 3.8) is 0 Å². The molecular formula is C25H19Cl2F3N6O2. The topological polar surface area (TPSA) is 102 Å². The normalized spacial score (nSPS) is 13.6. The number of anilines is 1. The van der Waals surface area contributed by atoms with Crippen molar-refractivity contribution in [3.8, 4) is 5.82 Å². The molecule has 5 rings (SSSR count). The van der Waals surface area contributed by atoms with E-state index in [0.29, 0.717) is 27.3 Å². The number of nitrogens with zero attached hydrogens (tertiary/aromatic N) is 4. The smallest absolute Gasteiger partial charge is 0.349 e. The van der Waals surface area contributed by atoms with Crippen LogP contribution in [0.25, 0.3) is 16.7 Å². The molecule has 13 heteroatoms. The summed E-state index contributed by atoms with van der Waals surface area (Å²) in [4.78, 5) is 35.0. The van der Waals surface area contributed by atoms with Gasteiger partial charge in [-0.05, 0) is 56.5 Å². The highest BCUT2D eigenvalue weighted by Crippen LogP contribution is 2.36. The first-order valence-corrected chi connectivity index (χ1v) is 12.2.